The third kappa shape index (κ3) is 9.43. The van der Waals surface area contributed by atoms with E-state index in [2.05, 4.69) is 12.1 Å². The van der Waals surface area contributed by atoms with Crippen molar-refractivity contribution in [1.29, 1.82) is 0 Å². The molecule has 0 aromatic rings. The van der Waals surface area contributed by atoms with Crippen LogP contribution in [0.1, 0.15) is 26.7 Å². The molecule has 0 heterocycles. The Morgan fingerprint density at radius 2 is 1.91 bits per heavy atom. The second-order valence-corrected chi connectivity index (χ2v) is 2.20. The molecule has 0 unspecified atom stereocenters. The first-order valence-electron chi connectivity index (χ1n) is 4.13. The van der Waals surface area contributed by atoms with Gasteiger partial charge in [-0.15, -0.1) is 0 Å². The van der Waals surface area contributed by atoms with Crippen molar-refractivity contribution >= 4 is 6.21 Å². The number of hydrogen-bond acceptors (Lipinski definition) is 3. The van der Waals surface area contributed by atoms with Crippen molar-refractivity contribution in [2.24, 2.45) is 5.16 Å². The fourth-order valence-corrected chi connectivity index (χ4v) is 0.508. The Hall–Kier alpha value is -0.570. The molecule has 0 aliphatic carbocycles. The summed E-state index contributed by atoms with van der Waals surface area (Å²) >= 11 is 0. The smallest absolute Gasteiger partial charge is 0.116 e. The van der Waals surface area contributed by atoms with Gasteiger partial charge in [0.15, 0.2) is 0 Å². The van der Waals surface area contributed by atoms with Gasteiger partial charge in [0, 0.05) is 6.61 Å². The van der Waals surface area contributed by atoms with Gasteiger partial charge >= 0.3 is 0 Å². The Morgan fingerprint density at radius 3 is 2.55 bits per heavy atom. The average Bonchev–Trinajstić information content (AvgIpc) is 2.03. The highest BCUT2D eigenvalue weighted by Gasteiger charge is 1.80. The number of ether oxygens (including phenoxy) is 1. The second-order valence-electron chi connectivity index (χ2n) is 2.20. The van der Waals surface area contributed by atoms with Crippen LogP contribution in [0.15, 0.2) is 5.16 Å². The fourth-order valence-electron chi connectivity index (χ4n) is 0.508. The van der Waals surface area contributed by atoms with Gasteiger partial charge in [-0.3, -0.25) is 0 Å². The SMILES string of the molecule is CCCOCC=NOCCC. The standard InChI is InChI=1S/C8H17NO2/c1-3-6-10-8-5-9-11-7-4-2/h5H,3-4,6-8H2,1-2H3. The summed E-state index contributed by atoms with van der Waals surface area (Å²) < 4.78 is 5.13. The zero-order chi connectivity index (χ0) is 8.36. The van der Waals surface area contributed by atoms with Gasteiger partial charge in [0.2, 0.25) is 0 Å². The van der Waals surface area contributed by atoms with Crippen molar-refractivity contribution in [2.75, 3.05) is 19.8 Å². The molecule has 66 valence electrons. The summed E-state index contributed by atoms with van der Waals surface area (Å²) in [6.45, 7) is 6.15. The van der Waals surface area contributed by atoms with E-state index in [0.717, 1.165) is 19.4 Å². The Balaban J connectivity index is 2.91. The molecular weight excluding hydrogens is 142 g/mol. The summed E-state index contributed by atoms with van der Waals surface area (Å²) in [5.41, 5.74) is 0. The predicted octanol–water partition coefficient (Wildman–Crippen LogP) is 1.83. The summed E-state index contributed by atoms with van der Waals surface area (Å²) in [6.07, 6.45) is 3.68. The molecule has 0 spiro atoms. The van der Waals surface area contributed by atoms with Gasteiger partial charge < -0.3 is 9.57 Å². The third-order valence-electron chi connectivity index (χ3n) is 0.985. The Bertz CT molecular complexity index is 94.1. The maximum Gasteiger partial charge on any atom is 0.116 e. The van der Waals surface area contributed by atoms with Crippen LogP contribution in [0.2, 0.25) is 0 Å². The van der Waals surface area contributed by atoms with Crippen LogP contribution >= 0.6 is 0 Å². The lowest BCUT2D eigenvalue weighted by molar-refractivity contribution is 0.137. The zero-order valence-electron chi connectivity index (χ0n) is 7.38. The van der Waals surface area contributed by atoms with E-state index in [0.29, 0.717) is 13.2 Å². The van der Waals surface area contributed by atoms with Crippen LogP contribution in [0, 0.1) is 0 Å². The number of oxime groups is 1. The van der Waals surface area contributed by atoms with E-state index >= 15 is 0 Å². The van der Waals surface area contributed by atoms with Crippen LogP contribution < -0.4 is 0 Å². The molecule has 0 saturated carbocycles. The molecule has 0 amide bonds. The largest absolute Gasteiger partial charge is 0.396 e. The van der Waals surface area contributed by atoms with Gasteiger partial charge in [0.25, 0.3) is 0 Å². The summed E-state index contributed by atoms with van der Waals surface area (Å²) in [7, 11) is 0. The van der Waals surface area contributed by atoms with Crippen LogP contribution in [0.5, 0.6) is 0 Å². The minimum Gasteiger partial charge on any atom is -0.396 e. The van der Waals surface area contributed by atoms with Gasteiger partial charge in [-0.25, -0.2) is 0 Å². The molecule has 0 saturated heterocycles. The molecule has 0 atom stereocenters. The van der Waals surface area contributed by atoms with Crippen molar-refractivity contribution in [3.63, 3.8) is 0 Å². The first kappa shape index (κ1) is 10.4. The van der Waals surface area contributed by atoms with Crippen LogP contribution in [0.3, 0.4) is 0 Å². The van der Waals surface area contributed by atoms with Gasteiger partial charge in [-0.05, 0) is 12.8 Å². The molecule has 11 heavy (non-hydrogen) atoms. The van der Waals surface area contributed by atoms with Crippen molar-refractivity contribution in [3.05, 3.63) is 0 Å². The van der Waals surface area contributed by atoms with Crippen molar-refractivity contribution in [2.45, 2.75) is 26.7 Å². The summed E-state index contributed by atoms with van der Waals surface area (Å²) in [4.78, 5) is 4.85. The van der Waals surface area contributed by atoms with Gasteiger partial charge in [-0.2, -0.15) is 0 Å². The molecule has 0 radical (unpaired) electrons. The van der Waals surface area contributed by atoms with Gasteiger partial charge in [0.05, 0.1) is 12.8 Å². The molecular formula is C8H17NO2. The van der Waals surface area contributed by atoms with E-state index < -0.39 is 0 Å². The van der Waals surface area contributed by atoms with E-state index in [-0.39, 0.29) is 0 Å². The van der Waals surface area contributed by atoms with E-state index in [4.69, 9.17) is 9.57 Å². The van der Waals surface area contributed by atoms with Crippen LogP contribution in [0.25, 0.3) is 0 Å². The molecule has 3 heteroatoms. The topological polar surface area (TPSA) is 30.8 Å². The van der Waals surface area contributed by atoms with Crippen molar-refractivity contribution in [3.8, 4) is 0 Å². The molecule has 0 bridgehead atoms. The minimum atomic E-state index is 0.553. The summed E-state index contributed by atoms with van der Waals surface area (Å²) in [6, 6.07) is 0. The highest BCUT2D eigenvalue weighted by Crippen LogP contribution is 1.81. The Labute approximate surface area is 68.4 Å². The lowest BCUT2D eigenvalue weighted by Crippen LogP contribution is -1.97. The van der Waals surface area contributed by atoms with Crippen LogP contribution in [0.4, 0.5) is 0 Å². The quantitative estimate of drug-likeness (QED) is 0.322. The molecule has 3 nitrogen and oxygen atoms in total. The normalized spacial score (nSPS) is 10.7. The Kier molecular flexibility index (Phi) is 8.94. The lowest BCUT2D eigenvalue weighted by Gasteiger charge is -1.96. The van der Waals surface area contributed by atoms with E-state index in [1.54, 1.807) is 6.21 Å². The first-order valence-corrected chi connectivity index (χ1v) is 4.13. The fraction of sp³-hybridized carbons (Fsp3) is 0.875. The molecule has 0 aromatic heterocycles. The average molecular weight is 159 g/mol. The van der Waals surface area contributed by atoms with Gasteiger partial charge in [0.1, 0.15) is 6.61 Å². The van der Waals surface area contributed by atoms with Gasteiger partial charge in [-0.1, -0.05) is 19.0 Å². The maximum atomic E-state index is 5.13. The number of rotatable bonds is 7. The highest BCUT2D eigenvalue weighted by molar-refractivity contribution is 5.57. The maximum absolute atomic E-state index is 5.13. The van der Waals surface area contributed by atoms with E-state index in [1.807, 2.05) is 6.92 Å². The van der Waals surface area contributed by atoms with E-state index in [1.165, 1.54) is 0 Å². The first-order chi connectivity index (χ1) is 5.41. The third-order valence-corrected chi connectivity index (χ3v) is 0.985. The Morgan fingerprint density at radius 1 is 1.18 bits per heavy atom. The van der Waals surface area contributed by atoms with Crippen LogP contribution in [-0.2, 0) is 9.57 Å². The minimum absolute atomic E-state index is 0.553. The molecule has 0 aromatic carbocycles. The predicted molar refractivity (Wildman–Crippen MR) is 45.8 cm³/mol. The molecule has 0 N–H and O–H groups in total. The highest BCUT2D eigenvalue weighted by atomic mass is 16.6. The second kappa shape index (κ2) is 9.43. The summed E-state index contributed by atoms with van der Waals surface area (Å²) in [5.74, 6) is 0. The molecule has 0 fully saturated rings. The van der Waals surface area contributed by atoms with Crippen LogP contribution in [-0.4, -0.2) is 26.0 Å². The molecule has 0 aliphatic heterocycles. The summed E-state index contributed by atoms with van der Waals surface area (Å²) in [5, 5.41) is 3.68. The number of nitrogens with zero attached hydrogens (tertiary/aromatic N) is 1. The molecule has 0 rings (SSSR count). The molecule has 0 aliphatic rings. The zero-order valence-corrected chi connectivity index (χ0v) is 7.38. The van der Waals surface area contributed by atoms with Crippen molar-refractivity contribution in [1.82, 2.24) is 0 Å². The van der Waals surface area contributed by atoms with E-state index in [9.17, 15) is 0 Å². The number of hydrogen-bond donors (Lipinski definition) is 0. The monoisotopic (exact) mass is 159 g/mol. The van der Waals surface area contributed by atoms with Crippen molar-refractivity contribution < 1.29 is 9.57 Å². The lowest BCUT2D eigenvalue weighted by atomic mass is 10.5.